The fourth-order valence-electron chi connectivity index (χ4n) is 4.11. The summed E-state index contributed by atoms with van der Waals surface area (Å²) in [6.45, 7) is 1.31. The first-order valence-electron chi connectivity index (χ1n) is 9.38. The van der Waals surface area contributed by atoms with Crippen LogP contribution in [0.5, 0.6) is 11.5 Å². The van der Waals surface area contributed by atoms with Gasteiger partial charge in [0.1, 0.15) is 0 Å². The van der Waals surface area contributed by atoms with Crippen molar-refractivity contribution in [1.82, 2.24) is 14.6 Å². The zero-order valence-electron chi connectivity index (χ0n) is 15.6. The maximum atomic E-state index is 13.1. The number of ether oxygens (including phenoxy) is 2. The van der Waals surface area contributed by atoms with E-state index < -0.39 is 15.9 Å². The summed E-state index contributed by atoms with van der Waals surface area (Å²) in [7, 11) is -3.76. The van der Waals surface area contributed by atoms with Crippen molar-refractivity contribution in [2.45, 2.75) is 23.3 Å². The third-order valence-corrected chi connectivity index (χ3v) is 7.10. The van der Waals surface area contributed by atoms with Crippen LogP contribution in [0.4, 0.5) is 5.82 Å². The monoisotopic (exact) mass is 416 g/mol. The number of likely N-dealkylation sites (tertiary alicyclic amines) is 1. The van der Waals surface area contributed by atoms with Crippen molar-refractivity contribution >= 4 is 22.1 Å². The van der Waals surface area contributed by atoms with E-state index in [9.17, 15) is 13.6 Å². The molecule has 3 aliphatic rings. The zero-order chi connectivity index (χ0) is 20.1. The van der Waals surface area contributed by atoms with E-state index in [-0.39, 0.29) is 24.1 Å². The second-order valence-corrected chi connectivity index (χ2v) is 9.14. The lowest BCUT2D eigenvalue weighted by Crippen LogP contribution is -2.63. The van der Waals surface area contributed by atoms with Crippen LogP contribution in [-0.4, -0.2) is 52.3 Å². The SMILES string of the molecule is O=C(c1ccc2c(c1)OCO2)N1CCCC2(CNc3ncccc3[S+](=O)([O-])N2)C1. The number of rotatable bonds is 1. The van der Waals surface area contributed by atoms with Crippen LogP contribution in [0.1, 0.15) is 23.2 Å². The summed E-state index contributed by atoms with van der Waals surface area (Å²) in [6, 6.07) is 8.20. The fraction of sp³-hybridized carbons (Fsp3) is 0.368. The maximum absolute atomic E-state index is 13.1. The third kappa shape index (κ3) is 3.22. The minimum Gasteiger partial charge on any atom is -0.593 e. The smallest absolute Gasteiger partial charge is 0.254 e. The normalized spacial score (nSPS) is 27.8. The van der Waals surface area contributed by atoms with Gasteiger partial charge in [0.15, 0.2) is 27.7 Å². The summed E-state index contributed by atoms with van der Waals surface area (Å²) in [5, 5.41) is 3.15. The van der Waals surface area contributed by atoms with E-state index in [4.69, 9.17) is 9.47 Å². The molecule has 1 fully saturated rings. The lowest BCUT2D eigenvalue weighted by Gasteiger charge is -2.42. The van der Waals surface area contributed by atoms with Gasteiger partial charge in [-0.15, -0.1) is 4.72 Å². The molecule has 0 aliphatic carbocycles. The molecule has 2 N–H and O–H groups in total. The molecule has 29 heavy (non-hydrogen) atoms. The fourth-order valence-corrected chi connectivity index (χ4v) is 5.67. The van der Waals surface area contributed by atoms with Crippen molar-refractivity contribution in [3.8, 4) is 11.5 Å². The first-order chi connectivity index (χ1) is 14.0. The third-order valence-electron chi connectivity index (χ3n) is 5.49. The highest BCUT2D eigenvalue weighted by Crippen LogP contribution is 2.35. The van der Waals surface area contributed by atoms with E-state index in [1.54, 1.807) is 35.4 Å². The Morgan fingerprint density at radius 2 is 2.14 bits per heavy atom. The lowest BCUT2D eigenvalue weighted by molar-refractivity contribution is 0.0636. The molecule has 1 spiro atoms. The Balaban J connectivity index is 1.40. The molecule has 0 bridgehead atoms. The first kappa shape index (κ1) is 18.3. The Morgan fingerprint density at radius 1 is 1.28 bits per heavy atom. The number of aromatic nitrogens is 1. The van der Waals surface area contributed by atoms with Gasteiger partial charge in [0.2, 0.25) is 11.7 Å². The average molecular weight is 416 g/mol. The number of anilines is 1. The minimum absolute atomic E-state index is 0.121. The molecular weight excluding hydrogens is 396 g/mol. The van der Waals surface area contributed by atoms with Crippen LogP contribution < -0.4 is 19.5 Å². The molecule has 0 radical (unpaired) electrons. The molecule has 152 valence electrons. The molecule has 3 aliphatic heterocycles. The van der Waals surface area contributed by atoms with Gasteiger partial charge < -0.3 is 24.2 Å². The van der Waals surface area contributed by atoms with Crippen LogP contribution >= 0.6 is 0 Å². The molecular formula is C19H20N4O5S. The van der Waals surface area contributed by atoms with E-state index in [2.05, 4.69) is 15.0 Å². The molecule has 1 aromatic heterocycles. The van der Waals surface area contributed by atoms with Crippen LogP contribution in [0.25, 0.3) is 0 Å². The Morgan fingerprint density at radius 3 is 3.03 bits per heavy atom. The molecule has 1 saturated heterocycles. The van der Waals surface area contributed by atoms with Crippen LogP contribution in [-0.2, 0) is 14.6 Å². The molecule has 1 amide bonds. The van der Waals surface area contributed by atoms with E-state index in [1.165, 1.54) is 6.07 Å². The van der Waals surface area contributed by atoms with Gasteiger partial charge in [-0.2, -0.15) is 0 Å². The highest BCUT2D eigenvalue weighted by molar-refractivity contribution is 7.96. The summed E-state index contributed by atoms with van der Waals surface area (Å²) in [4.78, 5) is 19.1. The number of amides is 1. The van der Waals surface area contributed by atoms with Crippen LogP contribution in [0, 0.1) is 0 Å². The van der Waals surface area contributed by atoms with Crippen LogP contribution in [0.15, 0.2) is 41.4 Å². The molecule has 1 aromatic carbocycles. The number of pyridine rings is 1. The average Bonchev–Trinajstić information content (AvgIpc) is 3.16. The van der Waals surface area contributed by atoms with E-state index in [1.807, 2.05) is 0 Å². The highest BCUT2D eigenvalue weighted by atomic mass is 32.3. The van der Waals surface area contributed by atoms with E-state index >= 15 is 0 Å². The Kier molecular flexibility index (Phi) is 4.23. The van der Waals surface area contributed by atoms with Gasteiger partial charge in [-0.05, 0) is 37.1 Å². The number of hydrogen-bond donors (Lipinski definition) is 2. The van der Waals surface area contributed by atoms with Gasteiger partial charge in [0.25, 0.3) is 5.91 Å². The number of piperidine rings is 1. The number of sulfonamides is 1. The number of carbonyl (C=O) groups excluding carboxylic acids is 1. The van der Waals surface area contributed by atoms with Gasteiger partial charge in [0, 0.05) is 37.5 Å². The van der Waals surface area contributed by atoms with Crippen molar-refractivity contribution in [2.75, 3.05) is 31.7 Å². The van der Waals surface area contributed by atoms with Gasteiger partial charge in [-0.3, -0.25) is 4.79 Å². The number of hydrogen-bond acceptors (Lipinski definition) is 7. The Hall–Kier alpha value is -2.69. The summed E-state index contributed by atoms with van der Waals surface area (Å²) < 4.78 is 39.3. The molecule has 2 aromatic rings. The largest absolute Gasteiger partial charge is 0.593 e. The minimum atomic E-state index is -3.76. The standard InChI is InChI=1S/C19H20N4O5S/c24-18(13-4-5-14-15(9-13)28-12-27-14)23-8-2-6-19(11-23)10-21-17-16(3-1-7-20-17)29(25,26)22-19/h1,3-5,7,9H,2,6,8,10-12H2,(H2-,20,21,22,25,26). The molecule has 2 atom stereocenters. The summed E-state index contributed by atoms with van der Waals surface area (Å²) in [6.07, 6.45) is 2.86. The summed E-state index contributed by atoms with van der Waals surface area (Å²) in [5.41, 5.74) is -0.315. The van der Waals surface area contributed by atoms with Gasteiger partial charge in [0.05, 0.1) is 5.54 Å². The van der Waals surface area contributed by atoms with Crippen molar-refractivity contribution in [2.24, 2.45) is 0 Å². The predicted molar refractivity (Wildman–Crippen MR) is 103 cm³/mol. The number of carbonyl (C=O) groups is 1. The second-order valence-electron chi connectivity index (χ2n) is 7.49. The van der Waals surface area contributed by atoms with Crippen molar-refractivity contribution in [3.63, 3.8) is 0 Å². The van der Waals surface area contributed by atoms with Crippen LogP contribution in [0.2, 0.25) is 0 Å². The molecule has 2 unspecified atom stereocenters. The summed E-state index contributed by atoms with van der Waals surface area (Å²) in [5.74, 6) is 1.32. The molecule has 4 heterocycles. The zero-order valence-corrected chi connectivity index (χ0v) is 16.4. The quantitative estimate of drug-likeness (QED) is 0.675. The van der Waals surface area contributed by atoms with Crippen molar-refractivity contribution in [1.29, 1.82) is 0 Å². The molecule has 5 rings (SSSR count). The Labute approximate surface area is 168 Å². The van der Waals surface area contributed by atoms with Gasteiger partial charge >= 0.3 is 0 Å². The van der Waals surface area contributed by atoms with E-state index in [0.717, 1.165) is 0 Å². The topological polar surface area (TPSA) is 116 Å². The Bertz CT molecular complexity index is 1030. The van der Waals surface area contributed by atoms with Crippen molar-refractivity contribution in [3.05, 3.63) is 42.1 Å². The highest BCUT2D eigenvalue weighted by Gasteiger charge is 2.46. The number of fused-ring (bicyclic) bond motifs is 2. The molecule has 10 heteroatoms. The lowest BCUT2D eigenvalue weighted by atomic mass is 9.89. The maximum Gasteiger partial charge on any atom is 0.254 e. The number of benzene rings is 1. The molecule has 9 nitrogen and oxygen atoms in total. The van der Waals surface area contributed by atoms with Gasteiger partial charge in [-0.1, -0.05) is 4.21 Å². The first-order valence-corrected chi connectivity index (χ1v) is 10.9. The van der Waals surface area contributed by atoms with Crippen LogP contribution in [0.3, 0.4) is 0 Å². The number of nitrogens with one attached hydrogen (secondary N) is 2. The van der Waals surface area contributed by atoms with E-state index in [0.29, 0.717) is 48.8 Å². The summed E-state index contributed by atoms with van der Waals surface area (Å²) >= 11 is 0. The van der Waals surface area contributed by atoms with Crippen molar-refractivity contribution < 1.29 is 23.0 Å². The predicted octanol–water partition coefficient (Wildman–Crippen LogP) is 1.40. The second kappa shape index (κ2) is 6.68. The number of nitrogens with zero attached hydrogens (tertiary/aromatic N) is 2. The molecule has 0 saturated carbocycles. The van der Waals surface area contributed by atoms with Gasteiger partial charge in [-0.25, -0.2) is 4.98 Å².